The van der Waals surface area contributed by atoms with E-state index in [0.717, 1.165) is 112 Å². The van der Waals surface area contributed by atoms with Gasteiger partial charge in [-0.15, -0.1) is 215 Å². The van der Waals surface area contributed by atoms with Crippen molar-refractivity contribution in [2.24, 2.45) is 0 Å². The van der Waals surface area contributed by atoms with Crippen LogP contribution >= 0.6 is 0 Å². The zero-order chi connectivity index (χ0) is 79.1. The molecule has 0 N–H and O–H groups in total. The second kappa shape index (κ2) is 40.8. The number of aromatic nitrogens is 9. The molecule has 6 aromatic carbocycles. The van der Waals surface area contributed by atoms with E-state index in [2.05, 4.69) is 100 Å². The molecular weight excluding hydrogens is 1780 g/mol. The topological polar surface area (TPSA) is 116 Å². The van der Waals surface area contributed by atoms with Crippen LogP contribution in [-0.2, 0) is 60.3 Å². The Morgan fingerprint density at radius 1 is 0.235 bits per heavy atom. The van der Waals surface area contributed by atoms with Gasteiger partial charge in [0.1, 0.15) is 0 Å². The molecule has 3 radical (unpaired) electrons. The molecule has 0 amide bonds. The first-order valence-electron chi connectivity index (χ1n) is 37.6. The van der Waals surface area contributed by atoms with Crippen molar-refractivity contribution < 1.29 is 76.8 Å². The molecule has 0 saturated heterocycles. The van der Waals surface area contributed by atoms with Crippen molar-refractivity contribution in [2.75, 3.05) is 0 Å². The first-order valence-corrected chi connectivity index (χ1v) is 31.6. The molecule has 0 bridgehead atoms. The summed E-state index contributed by atoms with van der Waals surface area (Å²) in [7, 11) is 0. The molecule has 0 atom stereocenters. The Balaban J connectivity index is 0.000000189. The second-order valence-corrected chi connectivity index (χ2v) is 22.4. The van der Waals surface area contributed by atoms with Crippen LogP contribution in [-0.4, -0.2) is 44.9 Å². The third kappa shape index (κ3) is 23.1. The third-order valence-electron chi connectivity index (χ3n) is 15.1. The molecule has 15 aromatic rings. The van der Waals surface area contributed by atoms with Gasteiger partial charge in [-0.25, -0.2) is 0 Å². The van der Waals surface area contributed by atoms with Gasteiger partial charge >= 0.3 is 0 Å². The molecule has 12 heteroatoms. The largest absolute Gasteiger partial charge is 0.305 e. The number of hydrogen-bond acceptors (Lipinski definition) is 9. The van der Waals surface area contributed by atoms with Gasteiger partial charge in [-0.1, -0.05) is 71.3 Å². The standard InChI is InChI=1S/3C17H13N2.3C13H12N.3Ir/c2*1-13-12-19-17(14-7-3-2-4-8-14)11-15(13)16-9-5-6-10-18-16;1-13-7-8-16(19-12-13)15-9-10-18-17(11-15)14-5-3-2-4-6-14;3*1-10-8-13(14-9-11(10)2)12-6-4-3-5-7-12;;;/h2*2-7,9-12H,1H3;2-5,7-12H,1H3;3*3-6,8-9H,1-2H3;;;/q6*-1;;;/i1D3;;;3*2D3;;;. The summed E-state index contributed by atoms with van der Waals surface area (Å²) in [6, 6.07) is 93.0. The molecule has 0 fully saturated rings. The van der Waals surface area contributed by atoms with Crippen LogP contribution in [0.5, 0.6) is 0 Å². The quantitative estimate of drug-likeness (QED) is 0.130. The van der Waals surface area contributed by atoms with Gasteiger partial charge in [0, 0.05) is 133 Å². The van der Waals surface area contributed by atoms with Crippen molar-refractivity contribution in [3.8, 4) is 101 Å². The predicted octanol–water partition coefficient (Wildman–Crippen LogP) is 21.2. The minimum Gasteiger partial charge on any atom is -0.305 e. The predicted molar refractivity (Wildman–Crippen MR) is 403 cm³/mol. The summed E-state index contributed by atoms with van der Waals surface area (Å²) in [5, 5.41) is 0. The molecule has 0 aliphatic rings. The van der Waals surface area contributed by atoms with Gasteiger partial charge in [-0.2, -0.15) is 0 Å². The fourth-order valence-corrected chi connectivity index (χ4v) is 9.61. The van der Waals surface area contributed by atoms with Crippen molar-refractivity contribution in [1.29, 1.82) is 0 Å². The van der Waals surface area contributed by atoms with E-state index in [1.54, 1.807) is 69.4 Å². The van der Waals surface area contributed by atoms with E-state index >= 15 is 0 Å². The molecule has 0 aliphatic carbocycles. The fraction of sp³-hybridized carbons (Fsp3) is 0.100. The Labute approximate surface area is 659 Å². The minimum atomic E-state index is -2.24. The van der Waals surface area contributed by atoms with Crippen LogP contribution in [0.2, 0.25) is 0 Å². The molecule has 0 saturated carbocycles. The van der Waals surface area contributed by atoms with Crippen molar-refractivity contribution in [3.05, 3.63) is 379 Å². The summed E-state index contributed by atoms with van der Waals surface area (Å²) in [6.45, 7) is 0.908. The van der Waals surface area contributed by atoms with Gasteiger partial charge in [-0.3, -0.25) is 15.0 Å². The van der Waals surface area contributed by atoms with Gasteiger partial charge in [0.2, 0.25) is 0 Å². The summed E-state index contributed by atoms with van der Waals surface area (Å²) >= 11 is 0. The number of rotatable bonds is 9. The summed E-state index contributed by atoms with van der Waals surface area (Å²) in [5.74, 6) is 0. The maximum atomic E-state index is 7.70. The van der Waals surface area contributed by atoms with Gasteiger partial charge in [0.25, 0.3) is 0 Å². The van der Waals surface area contributed by atoms with Crippen molar-refractivity contribution >= 4 is 0 Å². The van der Waals surface area contributed by atoms with Crippen LogP contribution in [0.15, 0.2) is 292 Å². The van der Waals surface area contributed by atoms with E-state index < -0.39 is 27.4 Å². The Kier molecular flexibility index (Phi) is 25.0. The maximum absolute atomic E-state index is 7.70. The Morgan fingerprint density at radius 2 is 0.539 bits per heavy atom. The number of nitrogens with zero attached hydrogens (tertiary/aromatic N) is 9. The average molecular weight is 1870 g/mol. The molecule has 0 aliphatic heterocycles. The van der Waals surface area contributed by atoms with Crippen molar-refractivity contribution in [2.45, 2.75) is 62.0 Å². The summed E-state index contributed by atoms with van der Waals surface area (Å²) < 4.78 is 89.5. The number of pyridine rings is 9. The Hall–Kier alpha value is -10.4. The van der Waals surface area contributed by atoms with Crippen LogP contribution in [0, 0.1) is 98.4 Å². The van der Waals surface area contributed by atoms with E-state index in [0.29, 0.717) is 33.6 Å². The zero-order valence-corrected chi connectivity index (χ0v) is 63.4. The fourth-order valence-electron chi connectivity index (χ4n) is 9.61. The van der Waals surface area contributed by atoms with E-state index in [1.807, 2.05) is 214 Å². The number of benzene rings is 6. The maximum Gasteiger partial charge on any atom is 0.0697 e. The molecule has 9 heterocycles. The van der Waals surface area contributed by atoms with E-state index in [1.165, 1.54) is 24.8 Å². The molecule has 9 aromatic heterocycles. The number of hydrogen-bond donors (Lipinski definition) is 0. The van der Waals surface area contributed by atoms with E-state index in [9.17, 15) is 0 Å². The molecule has 15 rings (SSSR count). The molecule has 513 valence electrons. The molecule has 0 unspecified atom stereocenters. The molecule has 0 spiro atoms. The van der Waals surface area contributed by atoms with Crippen LogP contribution in [0.25, 0.3) is 101 Å². The molecule has 9 nitrogen and oxygen atoms in total. The SMILES string of the molecule is Cc1ccc(-c2ccnc(-c3[c-]cccc3)c2)nc1.Cc1cnc(-c2[c-]cccc2)cc1-c1ccccn1.[2H]C([2H])([2H])c1cnc(-c2[c-]cccc2)cc1-c1ccccn1.[2H]C([2H])([2H])c1cnc(-c2[c-]cccc2)cc1C.[2H]C([2H])([2H])c1cnc(-c2[c-]cccc2)cc1C.[2H]C([2H])([2H])c1cnc(-c2[c-]cccc2)cc1C.[Ir].[Ir].[Ir]. The smallest absolute Gasteiger partial charge is 0.0697 e. The average Bonchev–Trinajstić information content (AvgIpc) is 0.792. The van der Waals surface area contributed by atoms with E-state index in [-0.39, 0.29) is 65.9 Å². The summed E-state index contributed by atoms with van der Waals surface area (Å²) in [4.78, 5) is 38.8. The van der Waals surface area contributed by atoms with Gasteiger partial charge in [0.15, 0.2) is 0 Å². The zero-order valence-electron chi connectivity index (χ0n) is 68.2. The van der Waals surface area contributed by atoms with Crippen molar-refractivity contribution in [1.82, 2.24) is 44.9 Å². The van der Waals surface area contributed by atoms with Crippen LogP contribution in [0.1, 0.15) is 66.5 Å². The summed E-state index contributed by atoms with van der Waals surface area (Å²) in [6.07, 6.45) is 14.7. The van der Waals surface area contributed by atoms with Crippen LogP contribution < -0.4 is 0 Å². The normalized spacial score (nSPS) is 12.2. The first-order chi connectivity index (χ1) is 53.2. The first kappa shape index (κ1) is 62.6. The monoisotopic (exact) mass is 1870 g/mol. The Bertz CT molecular complexity index is 5220. The molecule has 102 heavy (non-hydrogen) atoms. The number of aryl methyl sites for hydroxylation is 9. The van der Waals surface area contributed by atoms with Crippen LogP contribution in [0.3, 0.4) is 0 Å². The van der Waals surface area contributed by atoms with Crippen molar-refractivity contribution in [3.63, 3.8) is 0 Å². The van der Waals surface area contributed by atoms with Gasteiger partial charge in [0.05, 0.1) is 17.1 Å². The third-order valence-corrected chi connectivity index (χ3v) is 15.1. The second-order valence-electron chi connectivity index (χ2n) is 22.4. The van der Waals surface area contributed by atoms with E-state index in [4.69, 9.17) is 16.4 Å². The van der Waals surface area contributed by atoms with Gasteiger partial charge in [-0.05, 0) is 183 Å². The minimum absolute atomic E-state index is 0. The van der Waals surface area contributed by atoms with Crippen LogP contribution in [0.4, 0.5) is 0 Å². The van der Waals surface area contributed by atoms with Gasteiger partial charge < -0.3 is 29.9 Å². The molecular formula is C90H75Ir3N9-6. The Morgan fingerprint density at radius 3 is 0.843 bits per heavy atom. The summed E-state index contributed by atoms with van der Waals surface area (Å²) in [5.41, 5.74) is 21.1.